The van der Waals surface area contributed by atoms with E-state index in [1.54, 1.807) is 18.0 Å². The lowest BCUT2D eigenvalue weighted by atomic mass is 10.1. The van der Waals surface area contributed by atoms with Gasteiger partial charge in [0.1, 0.15) is 11.8 Å². The number of aromatic nitrogens is 1. The van der Waals surface area contributed by atoms with Gasteiger partial charge in [-0.2, -0.15) is 5.26 Å². The summed E-state index contributed by atoms with van der Waals surface area (Å²) in [4.78, 5) is 6.41. The highest BCUT2D eigenvalue weighted by molar-refractivity contribution is 8.03. The maximum absolute atomic E-state index is 9.65. The predicted octanol–water partition coefficient (Wildman–Crippen LogP) is 5.54. The van der Waals surface area contributed by atoms with E-state index < -0.39 is 0 Å². The first-order valence-corrected chi connectivity index (χ1v) is 11.6. The van der Waals surface area contributed by atoms with Crippen LogP contribution in [-0.4, -0.2) is 29.0 Å². The number of hydrogen-bond acceptors (Lipinski definition) is 6. The Bertz CT molecular complexity index is 867. The van der Waals surface area contributed by atoms with Gasteiger partial charge in [-0.3, -0.25) is 4.98 Å². The van der Waals surface area contributed by atoms with E-state index in [2.05, 4.69) is 52.8 Å². The topological polar surface area (TPSA) is 61.2 Å². The van der Waals surface area contributed by atoms with Gasteiger partial charge in [-0.1, -0.05) is 50.4 Å². The molecule has 0 saturated heterocycles. The van der Waals surface area contributed by atoms with Crippen LogP contribution in [0.5, 0.6) is 0 Å². The van der Waals surface area contributed by atoms with E-state index in [9.17, 15) is 5.26 Å². The van der Waals surface area contributed by atoms with Gasteiger partial charge in [0.2, 0.25) is 0 Å². The Balaban J connectivity index is 1.55. The van der Waals surface area contributed by atoms with E-state index in [4.69, 9.17) is 4.74 Å². The third-order valence-electron chi connectivity index (χ3n) is 5.12. The van der Waals surface area contributed by atoms with E-state index in [-0.39, 0.29) is 5.50 Å². The van der Waals surface area contributed by atoms with E-state index in [0.717, 1.165) is 29.8 Å². The average Bonchev–Trinajstić information content (AvgIpc) is 3.01. The summed E-state index contributed by atoms with van der Waals surface area (Å²) in [5, 5.41) is 15.3. The van der Waals surface area contributed by atoms with Gasteiger partial charge < -0.3 is 15.0 Å². The van der Waals surface area contributed by atoms with Crippen molar-refractivity contribution in [3.8, 4) is 6.07 Å². The largest absolute Gasteiger partial charge is 0.493 e. The SMILES string of the molecule is CCCCCCCOC1=CCC=C(NC2SC=C(c3cccnc3)N2C)C=C1C#N. The Morgan fingerprint density at radius 3 is 2.93 bits per heavy atom. The van der Waals surface area contributed by atoms with Gasteiger partial charge in [0, 0.05) is 30.7 Å². The number of allylic oxidation sites excluding steroid dienone is 4. The molecule has 0 spiro atoms. The number of nitriles is 1. The van der Waals surface area contributed by atoms with Crippen molar-refractivity contribution >= 4 is 17.5 Å². The highest BCUT2D eigenvalue weighted by Gasteiger charge is 2.25. The fourth-order valence-corrected chi connectivity index (χ4v) is 4.45. The van der Waals surface area contributed by atoms with Crippen molar-refractivity contribution in [2.45, 2.75) is 50.9 Å². The van der Waals surface area contributed by atoms with Gasteiger partial charge in [-0.05, 0) is 42.5 Å². The number of thioether (sulfide) groups is 1. The molecule has 1 aliphatic carbocycles. The Morgan fingerprint density at radius 1 is 1.30 bits per heavy atom. The zero-order valence-corrected chi connectivity index (χ0v) is 18.6. The summed E-state index contributed by atoms with van der Waals surface area (Å²) in [6, 6.07) is 6.31. The molecule has 1 N–H and O–H groups in total. The zero-order chi connectivity index (χ0) is 21.2. The molecular weight excluding hydrogens is 392 g/mol. The number of rotatable bonds is 10. The normalized spacial score (nSPS) is 18.6. The van der Waals surface area contributed by atoms with Gasteiger partial charge in [-0.25, -0.2) is 0 Å². The van der Waals surface area contributed by atoms with Gasteiger partial charge in [0.15, 0.2) is 5.50 Å². The molecule has 1 unspecified atom stereocenters. The van der Waals surface area contributed by atoms with Crippen molar-refractivity contribution in [1.82, 2.24) is 15.2 Å². The van der Waals surface area contributed by atoms with Crippen LogP contribution in [0.1, 0.15) is 51.0 Å². The quantitative estimate of drug-likeness (QED) is 0.500. The molecule has 2 aliphatic rings. The second-order valence-corrected chi connectivity index (χ2v) is 8.34. The molecule has 0 fully saturated rings. The van der Waals surface area contributed by atoms with Crippen LogP contribution in [0.3, 0.4) is 0 Å². The van der Waals surface area contributed by atoms with E-state index in [0.29, 0.717) is 17.9 Å². The first-order valence-electron chi connectivity index (χ1n) is 10.6. The molecule has 3 rings (SSSR count). The third kappa shape index (κ3) is 5.93. The van der Waals surface area contributed by atoms with Crippen LogP contribution in [0, 0.1) is 11.3 Å². The minimum absolute atomic E-state index is 0.0590. The number of nitrogens with zero attached hydrogens (tertiary/aromatic N) is 3. The molecule has 1 aromatic heterocycles. The Kier molecular flexibility index (Phi) is 8.46. The summed E-state index contributed by atoms with van der Waals surface area (Å²) in [7, 11) is 2.06. The molecule has 158 valence electrons. The summed E-state index contributed by atoms with van der Waals surface area (Å²) in [5.41, 5.74) is 3.80. The third-order valence-corrected chi connectivity index (χ3v) is 6.17. The highest BCUT2D eigenvalue weighted by Crippen LogP contribution is 2.34. The predicted molar refractivity (Wildman–Crippen MR) is 124 cm³/mol. The summed E-state index contributed by atoms with van der Waals surface area (Å²) < 4.78 is 5.94. The van der Waals surface area contributed by atoms with E-state index in [1.165, 1.54) is 25.7 Å². The van der Waals surface area contributed by atoms with Crippen LogP contribution in [0.4, 0.5) is 0 Å². The van der Waals surface area contributed by atoms with Gasteiger partial charge >= 0.3 is 0 Å². The number of ether oxygens (including phenoxy) is 1. The second-order valence-electron chi connectivity index (χ2n) is 7.38. The maximum Gasteiger partial charge on any atom is 0.152 e. The molecule has 1 aliphatic heterocycles. The minimum atomic E-state index is 0.0590. The van der Waals surface area contributed by atoms with Crippen LogP contribution >= 0.6 is 11.8 Å². The summed E-state index contributed by atoms with van der Waals surface area (Å²) in [5.74, 6) is 0.697. The van der Waals surface area contributed by atoms with Crippen LogP contribution in [-0.2, 0) is 4.74 Å². The molecule has 1 aromatic rings. The smallest absolute Gasteiger partial charge is 0.152 e. The standard InChI is InChI=1S/C24H30N4OS/c1-3-4-5-6-7-14-29-23-12-8-11-21(15-20(23)16-25)27-24-28(2)22(18-30-24)19-10-9-13-26-17-19/h9-13,15,17-18,24,27H,3-8,14H2,1-2H3. The van der Waals surface area contributed by atoms with Gasteiger partial charge in [0.25, 0.3) is 0 Å². The van der Waals surface area contributed by atoms with Crippen LogP contribution in [0.2, 0.25) is 0 Å². The van der Waals surface area contributed by atoms with Crippen molar-refractivity contribution in [2.24, 2.45) is 0 Å². The monoisotopic (exact) mass is 422 g/mol. The van der Waals surface area contributed by atoms with Crippen molar-refractivity contribution in [3.63, 3.8) is 0 Å². The minimum Gasteiger partial charge on any atom is -0.493 e. The highest BCUT2D eigenvalue weighted by atomic mass is 32.2. The molecule has 0 bridgehead atoms. The first-order chi connectivity index (χ1) is 14.7. The Hall–Kier alpha value is -2.65. The fourth-order valence-electron chi connectivity index (χ4n) is 3.39. The van der Waals surface area contributed by atoms with E-state index >= 15 is 0 Å². The molecule has 5 nitrogen and oxygen atoms in total. The molecule has 1 atom stereocenters. The lowest BCUT2D eigenvalue weighted by molar-refractivity contribution is 0.213. The number of unbranched alkanes of at least 4 members (excludes halogenated alkanes) is 4. The van der Waals surface area contributed by atoms with Crippen molar-refractivity contribution in [1.29, 1.82) is 5.26 Å². The molecule has 0 radical (unpaired) electrons. The van der Waals surface area contributed by atoms with Crippen LogP contribution in [0.15, 0.2) is 65.2 Å². The molecule has 30 heavy (non-hydrogen) atoms. The molecule has 2 heterocycles. The Morgan fingerprint density at radius 2 is 2.17 bits per heavy atom. The summed E-state index contributed by atoms with van der Waals surface area (Å²) >= 11 is 1.71. The van der Waals surface area contributed by atoms with Gasteiger partial charge in [0.05, 0.1) is 17.9 Å². The van der Waals surface area contributed by atoms with Crippen LogP contribution < -0.4 is 5.32 Å². The number of nitrogens with one attached hydrogen (secondary N) is 1. The average molecular weight is 423 g/mol. The van der Waals surface area contributed by atoms with Crippen molar-refractivity contribution < 1.29 is 4.74 Å². The summed E-state index contributed by atoms with van der Waals surface area (Å²) in [6.07, 6.45) is 16.4. The van der Waals surface area contributed by atoms with Crippen molar-refractivity contribution in [2.75, 3.05) is 13.7 Å². The van der Waals surface area contributed by atoms with E-state index in [1.807, 2.05) is 24.4 Å². The first kappa shape index (κ1) is 22.0. The Labute approximate surface area is 184 Å². The number of pyridine rings is 1. The maximum atomic E-state index is 9.65. The molecule has 0 saturated carbocycles. The van der Waals surface area contributed by atoms with Crippen molar-refractivity contribution in [3.05, 3.63) is 70.8 Å². The molecule has 6 heteroatoms. The molecule has 0 aromatic carbocycles. The molecule has 0 amide bonds. The number of hydrogen-bond donors (Lipinski definition) is 1. The van der Waals surface area contributed by atoms with Crippen LogP contribution in [0.25, 0.3) is 5.70 Å². The summed E-state index contributed by atoms with van der Waals surface area (Å²) in [6.45, 7) is 2.88. The zero-order valence-electron chi connectivity index (χ0n) is 17.8. The molecular formula is C24H30N4OS. The second kappa shape index (κ2) is 11.5. The fraction of sp³-hybridized carbons (Fsp3) is 0.417. The van der Waals surface area contributed by atoms with Gasteiger partial charge in [-0.15, -0.1) is 0 Å². The lowest BCUT2D eigenvalue weighted by Gasteiger charge is -2.26. The lowest BCUT2D eigenvalue weighted by Crippen LogP contribution is -2.36.